The predicted octanol–water partition coefficient (Wildman–Crippen LogP) is 1.98. The van der Waals surface area contributed by atoms with Crippen LogP contribution in [0, 0.1) is 0 Å². The Morgan fingerprint density at radius 2 is 2.11 bits per heavy atom. The second kappa shape index (κ2) is 5.87. The zero-order valence-electron chi connectivity index (χ0n) is 11.0. The van der Waals surface area contributed by atoms with Gasteiger partial charge in [0.25, 0.3) is 5.91 Å². The van der Waals surface area contributed by atoms with Gasteiger partial charge in [-0.1, -0.05) is 0 Å². The van der Waals surface area contributed by atoms with Gasteiger partial charge >= 0.3 is 0 Å². The van der Waals surface area contributed by atoms with Crippen LogP contribution >= 0.6 is 0 Å². The summed E-state index contributed by atoms with van der Waals surface area (Å²) < 4.78 is 5.54. The number of ether oxygens (including phenoxy) is 1. The van der Waals surface area contributed by atoms with Gasteiger partial charge in [0.2, 0.25) is 0 Å². The van der Waals surface area contributed by atoms with E-state index in [1.807, 2.05) is 24.3 Å². The van der Waals surface area contributed by atoms with E-state index in [2.05, 4.69) is 5.32 Å². The van der Waals surface area contributed by atoms with E-state index < -0.39 is 0 Å². The van der Waals surface area contributed by atoms with E-state index in [0.29, 0.717) is 11.7 Å². The summed E-state index contributed by atoms with van der Waals surface area (Å²) in [4.78, 5) is 13.3. The molecule has 1 N–H and O–H groups in total. The predicted molar refractivity (Wildman–Crippen MR) is 71.9 cm³/mol. The Kier molecular flexibility index (Phi) is 4.20. The number of amides is 1. The van der Waals surface area contributed by atoms with E-state index in [4.69, 9.17) is 4.74 Å². The first-order valence-electron chi connectivity index (χ1n) is 6.34. The number of rotatable bonds is 4. The largest absolute Gasteiger partial charge is 0.382 e. The maximum absolute atomic E-state index is 11.7. The van der Waals surface area contributed by atoms with Gasteiger partial charge in [-0.05, 0) is 37.1 Å². The number of nitrogens with zero attached hydrogens (tertiary/aromatic N) is 1. The van der Waals surface area contributed by atoms with Gasteiger partial charge in [-0.25, -0.2) is 0 Å². The van der Waals surface area contributed by atoms with E-state index in [-0.39, 0.29) is 5.91 Å². The highest BCUT2D eigenvalue weighted by Crippen LogP contribution is 2.15. The standard InChI is InChI=1S/C14H20N2O2/c1-16(2)14(17)11-5-7-12(8-6-11)15-10-13-4-3-9-18-13/h5-8,13,15H,3-4,9-10H2,1-2H3. The lowest BCUT2D eigenvalue weighted by atomic mass is 10.2. The monoisotopic (exact) mass is 248 g/mol. The molecule has 1 saturated heterocycles. The molecule has 2 rings (SSSR count). The second-order valence-electron chi connectivity index (χ2n) is 4.79. The first-order chi connectivity index (χ1) is 8.66. The van der Waals surface area contributed by atoms with E-state index in [1.54, 1.807) is 19.0 Å². The molecule has 0 aromatic heterocycles. The summed E-state index contributed by atoms with van der Waals surface area (Å²) in [5.74, 6) is 0.0284. The van der Waals surface area contributed by atoms with Crippen molar-refractivity contribution in [2.45, 2.75) is 18.9 Å². The van der Waals surface area contributed by atoms with Gasteiger partial charge in [0.1, 0.15) is 0 Å². The number of benzene rings is 1. The number of hydrogen-bond donors (Lipinski definition) is 1. The van der Waals surface area contributed by atoms with Crippen molar-refractivity contribution in [1.82, 2.24) is 4.90 Å². The zero-order chi connectivity index (χ0) is 13.0. The van der Waals surface area contributed by atoms with Crippen molar-refractivity contribution in [2.75, 3.05) is 32.6 Å². The normalized spacial score (nSPS) is 18.7. The molecule has 1 unspecified atom stereocenters. The van der Waals surface area contributed by atoms with Crippen LogP contribution in [0.2, 0.25) is 0 Å². The van der Waals surface area contributed by atoms with E-state index in [9.17, 15) is 4.79 Å². The molecule has 1 amide bonds. The number of hydrogen-bond acceptors (Lipinski definition) is 3. The molecule has 0 aliphatic carbocycles. The number of carbonyl (C=O) groups excluding carboxylic acids is 1. The Labute approximate surface area is 108 Å². The van der Waals surface area contributed by atoms with Gasteiger partial charge in [-0.3, -0.25) is 4.79 Å². The molecular weight excluding hydrogens is 228 g/mol. The van der Waals surface area contributed by atoms with Crippen molar-refractivity contribution in [3.05, 3.63) is 29.8 Å². The molecule has 0 saturated carbocycles. The first kappa shape index (κ1) is 12.9. The molecule has 1 aliphatic heterocycles. The minimum atomic E-state index is 0.0284. The molecule has 0 bridgehead atoms. The van der Waals surface area contributed by atoms with Crippen molar-refractivity contribution in [3.63, 3.8) is 0 Å². The van der Waals surface area contributed by atoms with Gasteiger partial charge in [-0.2, -0.15) is 0 Å². The summed E-state index contributed by atoms with van der Waals surface area (Å²) in [6.45, 7) is 1.71. The molecule has 98 valence electrons. The lowest BCUT2D eigenvalue weighted by Gasteiger charge is -2.13. The van der Waals surface area contributed by atoms with Crippen LogP contribution < -0.4 is 5.32 Å². The summed E-state index contributed by atoms with van der Waals surface area (Å²) in [6, 6.07) is 7.57. The van der Waals surface area contributed by atoms with Crippen molar-refractivity contribution in [2.24, 2.45) is 0 Å². The maximum Gasteiger partial charge on any atom is 0.253 e. The van der Waals surface area contributed by atoms with Crippen LogP contribution in [-0.4, -0.2) is 44.2 Å². The zero-order valence-corrected chi connectivity index (χ0v) is 11.0. The van der Waals surface area contributed by atoms with Crippen LogP contribution in [0.4, 0.5) is 5.69 Å². The summed E-state index contributed by atoms with van der Waals surface area (Å²) >= 11 is 0. The molecule has 1 fully saturated rings. The molecule has 0 radical (unpaired) electrons. The quantitative estimate of drug-likeness (QED) is 0.886. The summed E-state index contributed by atoms with van der Waals surface area (Å²) in [6.07, 6.45) is 2.61. The Bertz CT molecular complexity index is 395. The molecule has 1 aromatic carbocycles. The van der Waals surface area contributed by atoms with Crippen molar-refractivity contribution >= 4 is 11.6 Å². The van der Waals surface area contributed by atoms with E-state index in [0.717, 1.165) is 31.7 Å². The molecular formula is C14H20N2O2. The molecule has 1 atom stereocenters. The summed E-state index contributed by atoms with van der Waals surface area (Å²) in [5, 5.41) is 3.33. The third-order valence-electron chi connectivity index (χ3n) is 3.10. The molecule has 4 heteroatoms. The number of nitrogens with one attached hydrogen (secondary N) is 1. The topological polar surface area (TPSA) is 41.6 Å². The third kappa shape index (κ3) is 3.23. The maximum atomic E-state index is 11.7. The van der Waals surface area contributed by atoms with Crippen LogP contribution in [0.25, 0.3) is 0 Å². The minimum Gasteiger partial charge on any atom is -0.382 e. The highest BCUT2D eigenvalue weighted by molar-refractivity contribution is 5.94. The van der Waals surface area contributed by atoms with Crippen LogP contribution in [0.15, 0.2) is 24.3 Å². The first-order valence-corrected chi connectivity index (χ1v) is 6.34. The van der Waals surface area contributed by atoms with Crippen LogP contribution in [0.1, 0.15) is 23.2 Å². The fourth-order valence-corrected chi connectivity index (χ4v) is 2.03. The van der Waals surface area contributed by atoms with E-state index >= 15 is 0 Å². The minimum absolute atomic E-state index is 0.0284. The van der Waals surface area contributed by atoms with Crippen LogP contribution in [0.3, 0.4) is 0 Å². The van der Waals surface area contributed by atoms with Crippen LogP contribution in [-0.2, 0) is 4.74 Å². The Morgan fingerprint density at radius 1 is 1.39 bits per heavy atom. The fraction of sp³-hybridized carbons (Fsp3) is 0.500. The van der Waals surface area contributed by atoms with Crippen molar-refractivity contribution in [3.8, 4) is 0 Å². The Balaban J connectivity index is 1.89. The van der Waals surface area contributed by atoms with Gasteiger partial charge < -0.3 is 15.0 Å². The summed E-state index contributed by atoms with van der Waals surface area (Å²) in [7, 11) is 3.51. The van der Waals surface area contributed by atoms with Gasteiger partial charge in [-0.15, -0.1) is 0 Å². The van der Waals surface area contributed by atoms with Gasteiger partial charge in [0, 0.05) is 38.5 Å². The average molecular weight is 248 g/mol. The highest BCUT2D eigenvalue weighted by Gasteiger charge is 2.14. The summed E-state index contributed by atoms with van der Waals surface area (Å²) in [5.41, 5.74) is 1.74. The average Bonchev–Trinajstić information content (AvgIpc) is 2.89. The molecule has 0 spiro atoms. The van der Waals surface area contributed by atoms with Crippen molar-refractivity contribution in [1.29, 1.82) is 0 Å². The van der Waals surface area contributed by atoms with Gasteiger partial charge in [0.05, 0.1) is 6.10 Å². The number of anilines is 1. The smallest absolute Gasteiger partial charge is 0.253 e. The molecule has 4 nitrogen and oxygen atoms in total. The fourth-order valence-electron chi connectivity index (χ4n) is 2.03. The highest BCUT2D eigenvalue weighted by atomic mass is 16.5. The van der Waals surface area contributed by atoms with E-state index in [1.165, 1.54) is 0 Å². The molecule has 18 heavy (non-hydrogen) atoms. The van der Waals surface area contributed by atoms with Gasteiger partial charge in [0.15, 0.2) is 0 Å². The Hall–Kier alpha value is -1.55. The molecule has 1 aromatic rings. The Morgan fingerprint density at radius 3 is 2.67 bits per heavy atom. The second-order valence-corrected chi connectivity index (χ2v) is 4.79. The number of carbonyl (C=O) groups is 1. The van der Waals surface area contributed by atoms with Crippen LogP contribution in [0.5, 0.6) is 0 Å². The lowest BCUT2D eigenvalue weighted by Crippen LogP contribution is -2.21. The van der Waals surface area contributed by atoms with Crippen molar-refractivity contribution < 1.29 is 9.53 Å². The molecule has 1 aliphatic rings. The SMILES string of the molecule is CN(C)C(=O)c1ccc(NCC2CCCO2)cc1. The lowest BCUT2D eigenvalue weighted by molar-refractivity contribution is 0.0827. The molecule has 1 heterocycles. The third-order valence-corrected chi connectivity index (χ3v) is 3.10.